The van der Waals surface area contributed by atoms with Crippen molar-refractivity contribution in [2.75, 3.05) is 0 Å². The monoisotopic (exact) mass is 306 g/mol. The highest BCUT2D eigenvalue weighted by Gasteiger charge is 2.30. The fraction of sp³-hybridized carbons (Fsp3) is 0.0714. The summed E-state index contributed by atoms with van der Waals surface area (Å²) in [6.45, 7) is 0. The summed E-state index contributed by atoms with van der Waals surface area (Å²) in [6, 6.07) is 6.52. The molecule has 5 nitrogen and oxygen atoms in total. The number of fused-ring (bicyclic) bond motifs is 1. The molecule has 3 aromatic rings. The molecule has 0 amide bonds. The molecule has 0 unspecified atom stereocenters. The molecule has 3 rings (SSSR count). The molecular formula is C14H9F3N4O. The zero-order valence-corrected chi connectivity index (χ0v) is 11.0. The molecule has 22 heavy (non-hydrogen) atoms. The van der Waals surface area contributed by atoms with Gasteiger partial charge in [0, 0.05) is 11.8 Å². The first-order chi connectivity index (χ1) is 10.5. The third-order valence-electron chi connectivity index (χ3n) is 3.11. The van der Waals surface area contributed by atoms with Gasteiger partial charge in [-0.3, -0.25) is 0 Å². The summed E-state index contributed by atoms with van der Waals surface area (Å²) in [6.07, 6.45) is -0.382. The predicted molar refractivity (Wildman–Crippen MR) is 72.8 cm³/mol. The second-order valence-corrected chi connectivity index (χ2v) is 4.49. The zero-order chi connectivity index (χ0) is 15.7. The predicted octanol–water partition coefficient (Wildman–Crippen LogP) is 3.22. The van der Waals surface area contributed by atoms with Gasteiger partial charge in [0.2, 0.25) is 0 Å². The lowest BCUT2D eigenvalue weighted by Crippen LogP contribution is -2.05. The van der Waals surface area contributed by atoms with E-state index in [-0.39, 0.29) is 0 Å². The SMILES string of the molecule is ON=Cc1cnn2c(-c3cccc(C(F)(F)F)c3)ccnc12. The van der Waals surface area contributed by atoms with Crippen molar-refractivity contribution in [2.24, 2.45) is 5.16 Å². The third kappa shape index (κ3) is 2.39. The van der Waals surface area contributed by atoms with Crippen molar-refractivity contribution in [3.05, 3.63) is 53.9 Å². The highest BCUT2D eigenvalue weighted by atomic mass is 19.4. The van der Waals surface area contributed by atoms with Crippen LogP contribution in [0.3, 0.4) is 0 Å². The van der Waals surface area contributed by atoms with Crippen LogP contribution in [0.15, 0.2) is 47.9 Å². The summed E-state index contributed by atoms with van der Waals surface area (Å²) in [5, 5.41) is 15.6. The molecule has 1 aromatic carbocycles. The molecule has 0 aliphatic carbocycles. The van der Waals surface area contributed by atoms with Crippen LogP contribution >= 0.6 is 0 Å². The first-order valence-corrected chi connectivity index (χ1v) is 6.18. The third-order valence-corrected chi connectivity index (χ3v) is 3.11. The second-order valence-electron chi connectivity index (χ2n) is 4.49. The van der Waals surface area contributed by atoms with Crippen molar-refractivity contribution in [2.45, 2.75) is 6.18 Å². The summed E-state index contributed by atoms with van der Waals surface area (Å²) in [4.78, 5) is 4.09. The smallest absolute Gasteiger partial charge is 0.411 e. The second kappa shape index (κ2) is 5.14. The number of oxime groups is 1. The van der Waals surface area contributed by atoms with Gasteiger partial charge in [-0.15, -0.1) is 0 Å². The molecule has 0 saturated heterocycles. The van der Waals surface area contributed by atoms with Gasteiger partial charge < -0.3 is 5.21 Å². The lowest BCUT2D eigenvalue weighted by Gasteiger charge is -2.09. The summed E-state index contributed by atoms with van der Waals surface area (Å²) in [5.41, 5.74) is 0.912. The Morgan fingerprint density at radius 3 is 2.77 bits per heavy atom. The Morgan fingerprint density at radius 2 is 2.05 bits per heavy atom. The number of aromatic nitrogens is 3. The van der Waals surface area contributed by atoms with E-state index in [1.165, 1.54) is 23.0 Å². The Bertz CT molecular complexity index is 855. The van der Waals surface area contributed by atoms with Gasteiger partial charge in [0.05, 0.1) is 29.2 Å². The average Bonchev–Trinajstić information content (AvgIpc) is 2.90. The van der Waals surface area contributed by atoms with Crippen LogP contribution in [0.2, 0.25) is 0 Å². The lowest BCUT2D eigenvalue weighted by molar-refractivity contribution is -0.137. The number of hydrogen-bond donors (Lipinski definition) is 1. The first kappa shape index (κ1) is 14.1. The van der Waals surface area contributed by atoms with Crippen LogP contribution in [0.5, 0.6) is 0 Å². The minimum Gasteiger partial charge on any atom is -0.411 e. The molecule has 0 aliphatic heterocycles. The van der Waals surface area contributed by atoms with Crippen LogP contribution in [0.4, 0.5) is 13.2 Å². The van der Waals surface area contributed by atoms with Crippen molar-refractivity contribution in [1.29, 1.82) is 0 Å². The lowest BCUT2D eigenvalue weighted by atomic mass is 10.1. The standard InChI is InChI=1S/C14H9F3N4O/c15-14(16,17)11-3-1-2-9(6-11)12-4-5-18-13-10(8-20-22)7-19-21(12)13/h1-8,22H. The molecule has 0 saturated carbocycles. The van der Waals surface area contributed by atoms with Gasteiger partial charge in [0.1, 0.15) is 0 Å². The van der Waals surface area contributed by atoms with Crippen LogP contribution in [0.1, 0.15) is 11.1 Å². The molecule has 1 N–H and O–H groups in total. The minimum atomic E-state index is -4.42. The fourth-order valence-electron chi connectivity index (χ4n) is 2.14. The Balaban J connectivity index is 2.19. The summed E-state index contributed by atoms with van der Waals surface area (Å²) >= 11 is 0. The average molecular weight is 306 g/mol. The van der Waals surface area contributed by atoms with Crippen LogP contribution in [-0.4, -0.2) is 26.0 Å². The van der Waals surface area contributed by atoms with Crippen molar-refractivity contribution in [1.82, 2.24) is 14.6 Å². The molecule has 0 radical (unpaired) electrons. The highest BCUT2D eigenvalue weighted by Crippen LogP contribution is 2.32. The van der Waals surface area contributed by atoms with E-state index in [1.807, 2.05) is 0 Å². The van der Waals surface area contributed by atoms with E-state index in [4.69, 9.17) is 5.21 Å². The Hall–Kier alpha value is -2.90. The van der Waals surface area contributed by atoms with E-state index in [0.29, 0.717) is 22.5 Å². The van der Waals surface area contributed by atoms with Gasteiger partial charge in [0.15, 0.2) is 5.65 Å². The minimum absolute atomic E-state index is 0.359. The first-order valence-electron chi connectivity index (χ1n) is 6.18. The molecular weight excluding hydrogens is 297 g/mol. The highest BCUT2D eigenvalue weighted by molar-refractivity contribution is 5.87. The number of nitrogens with zero attached hydrogens (tertiary/aromatic N) is 4. The van der Waals surface area contributed by atoms with Gasteiger partial charge in [-0.25, -0.2) is 9.50 Å². The Morgan fingerprint density at radius 1 is 1.23 bits per heavy atom. The van der Waals surface area contributed by atoms with Crippen LogP contribution < -0.4 is 0 Å². The van der Waals surface area contributed by atoms with Gasteiger partial charge in [-0.1, -0.05) is 17.3 Å². The van der Waals surface area contributed by atoms with Crippen LogP contribution in [-0.2, 0) is 6.18 Å². The maximum absolute atomic E-state index is 12.8. The van der Waals surface area contributed by atoms with Crippen molar-refractivity contribution in [3.63, 3.8) is 0 Å². The number of benzene rings is 1. The maximum Gasteiger partial charge on any atom is 0.416 e. The van der Waals surface area contributed by atoms with Crippen LogP contribution in [0.25, 0.3) is 16.9 Å². The van der Waals surface area contributed by atoms with Gasteiger partial charge in [-0.05, 0) is 18.2 Å². The normalized spacial score (nSPS) is 12.3. The fourth-order valence-corrected chi connectivity index (χ4v) is 2.14. The summed E-state index contributed by atoms with van der Waals surface area (Å²) < 4.78 is 39.9. The molecule has 8 heteroatoms. The van der Waals surface area contributed by atoms with E-state index < -0.39 is 11.7 Å². The van der Waals surface area contributed by atoms with Gasteiger partial charge in [-0.2, -0.15) is 18.3 Å². The molecule has 0 spiro atoms. The quantitative estimate of drug-likeness (QED) is 0.449. The van der Waals surface area contributed by atoms with Crippen LogP contribution in [0, 0.1) is 0 Å². The van der Waals surface area contributed by atoms with E-state index in [1.54, 1.807) is 12.1 Å². The molecule has 0 bridgehead atoms. The number of rotatable bonds is 2. The molecule has 0 aliphatic rings. The molecule has 2 heterocycles. The topological polar surface area (TPSA) is 62.8 Å². The molecule has 112 valence electrons. The Labute approximate surface area is 122 Å². The molecule has 0 atom stereocenters. The number of alkyl halides is 3. The Kier molecular flexibility index (Phi) is 3.28. The van der Waals surface area contributed by atoms with Crippen molar-refractivity contribution >= 4 is 11.9 Å². The van der Waals surface area contributed by atoms with E-state index in [0.717, 1.165) is 18.3 Å². The molecule has 0 fully saturated rings. The summed E-state index contributed by atoms with van der Waals surface area (Å²) in [5.74, 6) is 0. The van der Waals surface area contributed by atoms with Crippen molar-refractivity contribution < 1.29 is 18.4 Å². The van der Waals surface area contributed by atoms with E-state index in [9.17, 15) is 13.2 Å². The van der Waals surface area contributed by atoms with E-state index >= 15 is 0 Å². The van der Waals surface area contributed by atoms with Gasteiger partial charge >= 0.3 is 6.18 Å². The zero-order valence-electron chi connectivity index (χ0n) is 11.0. The largest absolute Gasteiger partial charge is 0.416 e. The maximum atomic E-state index is 12.8. The molecule has 2 aromatic heterocycles. The van der Waals surface area contributed by atoms with Crippen molar-refractivity contribution in [3.8, 4) is 11.3 Å². The number of hydrogen-bond acceptors (Lipinski definition) is 4. The summed E-state index contributed by atoms with van der Waals surface area (Å²) in [7, 11) is 0. The van der Waals surface area contributed by atoms with E-state index in [2.05, 4.69) is 15.2 Å². The number of halogens is 3. The van der Waals surface area contributed by atoms with Gasteiger partial charge in [0.25, 0.3) is 0 Å².